The van der Waals surface area contributed by atoms with Crippen molar-refractivity contribution in [1.29, 1.82) is 0 Å². The zero-order chi connectivity index (χ0) is 23.1. The van der Waals surface area contributed by atoms with E-state index in [2.05, 4.69) is 4.72 Å². The van der Waals surface area contributed by atoms with Crippen molar-refractivity contribution in [3.8, 4) is 0 Å². The zero-order valence-electron chi connectivity index (χ0n) is 17.8. The zero-order valence-corrected chi connectivity index (χ0v) is 18.6. The van der Waals surface area contributed by atoms with Crippen LogP contribution in [-0.4, -0.2) is 33.4 Å². The first-order chi connectivity index (χ1) is 15.3. The first-order valence-corrected chi connectivity index (χ1v) is 11.5. The molecule has 166 valence electrons. The maximum atomic E-state index is 12.5. The number of aryl methyl sites for hydroxylation is 1. The Labute approximate surface area is 187 Å². The molecule has 0 bridgehead atoms. The molecule has 3 aromatic rings. The summed E-state index contributed by atoms with van der Waals surface area (Å²) in [5.74, 6) is -1.06. The number of hydrogen-bond donors (Lipinski definition) is 1. The van der Waals surface area contributed by atoms with Crippen LogP contribution in [0, 0.1) is 6.92 Å². The highest BCUT2D eigenvalue weighted by Crippen LogP contribution is 2.18. The summed E-state index contributed by atoms with van der Waals surface area (Å²) in [5, 5.41) is 0. The standard InChI is InChI=1S/C24H24N2O5S/c1-3-26(21-7-5-4-6-8-21)23(27)17-31-24(28)19-11-15-22(16-12-19)32(29,30)25-20-13-9-18(2)10-14-20/h4-16,25H,3,17H2,1-2H3. The van der Waals surface area contributed by atoms with Gasteiger partial charge in [0, 0.05) is 17.9 Å². The second-order valence-electron chi connectivity index (χ2n) is 7.05. The van der Waals surface area contributed by atoms with Crippen LogP contribution in [-0.2, 0) is 19.6 Å². The van der Waals surface area contributed by atoms with E-state index >= 15 is 0 Å². The molecule has 0 aliphatic heterocycles. The van der Waals surface area contributed by atoms with E-state index < -0.39 is 22.6 Å². The summed E-state index contributed by atoms with van der Waals surface area (Å²) < 4.78 is 32.7. The molecule has 1 N–H and O–H groups in total. The van der Waals surface area contributed by atoms with Gasteiger partial charge in [-0.05, 0) is 62.4 Å². The lowest BCUT2D eigenvalue weighted by Gasteiger charge is -2.20. The van der Waals surface area contributed by atoms with Crippen LogP contribution in [0.5, 0.6) is 0 Å². The first-order valence-electron chi connectivity index (χ1n) is 10.0. The van der Waals surface area contributed by atoms with Crippen LogP contribution >= 0.6 is 0 Å². The van der Waals surface area contributed by atoms with Gasteiger partial charge in [-0.25, -0.2) is 13.2 Å². The number of esters is 1. The van der Waals surface area contributed by atoms with Crippen LogP contribution in [0.3, 0.4) is 0 Å². The smallest absolute Gasteiger partial charge is 0.338 e. The number of rotatable bonds is 8. The summed E-state index contributed by atoms with van der Waals surface area (Å²) in [6.07, 6.45) is 0. The molecule has 1 amide bonds. The highest BCUT2D eigenvalue weighted by molar-refractivity contribution is 7.92. The third kappa shape index (κ3) is 5.73. The molecule has 0 unspecified atom stereocenters. The van der Waals surface area contributed by atoms with Gasteiger partial charge in [-0.2, -0.15) is 0 Å². The molecule has 3 rings (SSSR count). The molecule has 0 aliphatic rings. The van der Waals surface area contributed by atoms with Gasteiger partial charge in [-0.15, -0.1) is 0 Å². The van der Waals surface area contributed by atoms with E-state index in [1.54, 1.807) is 36.4 Å². The molecule has 0 saturated heterocycles. The number of para-hydroxylation sites is 1. The third-order valence-electron chi connectivity index (χ3n) is 4.72. The third-order valence-corrected chi connectivity index (χ3v) is 6.11. The normalized spacial score (nSPS) is 10.9. The van der Waals surface area contributed by atoms with Crippen LogP contribution in [0.15, 0.2) is 83.8 Å². The second-order valence-corrected chi connectivity index (χ2v) is 8.73. The van der Waals surface area contributed by atoms with Crippen LogP contribution in [0.4, 0.5) is 11.4 Å². The number of likely N-dealkylation sites (N-methyl/N-ethyl adjacent to an activating group) is 1. The Morgan fingerprint density at radius 2 is 1.53 bits per heavy atom. The molecule has 0 heterocycles. The minimum absolute atomic E-state index is 0.00642. The molecule has 0 fully saturated rings. The number of amides is 1. The predicted molar refractivity (Wildman–Crippen MR) is 123 cm³/mol. The van der Waals surface area contributed by atoms with E-state index in [0.717, 1.165) is 5.56 Å². The fourth-order valence-corrected chi connectivity index (χ4v) is 4.06. The lowest BCUT2D eigenvalue weighted by Crippen LogP contribution is -2.34. The van der Waals surface area contributed by atoms with E-state index in [0.29, 0.717) is 17.9 Å². The summed E-state index contributed by atoms with van der Waals surface area (Å²) in [6.45, 7) is 3.75. The molecule has 0 spiro atoms. The molecule has 0 saturated carbocycles. The number of nitrogens with zero attached hydrogens (tertiary/aromatic N) is 1. The van der Waals surface area contributed by atoms with E-state index in [9.17, 15) is 18.0 Å². The minimum atomic E-state index is -3.80. The van der Waals surface area contributed by atoms with E-state index in [1.807, 2.05) is 32.0 Å². The molecule has 7 nitrogen and oxygen atoms in total. The SMILES string of the molecule is CCN(C(=O)COC(=O)c1ccc(S(=O)(=O)Nc2ccc(C)cc2)cc1)c1ccccc1. The summed E-state index contributed by atoms with van der Waals surface area (Å²) in [5.41, 5.74) is 2.32. The van der Waals surface area contributed by atoms with Gasteiger partial charge in [-0.1, -0.05) is 35.9 Å². The lowest BCUT2D eigenvalue weighted by atomic mass is 10.2. The topological polar surface area (TPSA) is 92.8 Å². The van der Waals surface area contributed by atoms with Crippen molar-refractivity contribution < 1.29 is 22.7 Å². The van der Waals surface area contributed by atoms with Crippen molar-refractivity contribution in [1.82, 2.24) is 0 Å². The van der Waals surface area contributed by atoms with Crippen LogP contribution in [0.2, 0.25) is 0 Å². The van der Waals surface area contributed by atoms with Gasteiger partial charge in [0.05, 0.1) is 10.5 Å². The molecular weight excluding hydrogens is 428 g/mol. The average molecular weight is 453 g/mol. The fourth-order valence-electron chi connectivity index (χ4n) is 3.01. The molecular formula is C24H24N2O5S. The van der Waals surface area contributed by atoms with Gasteiger partial charge in [0.2, 0.25) is 0 Å². The van der Waals surface area contributed by atoms with Gasteiger partial charge < -0.3 is 9.64 Å². The number of benzene rings is 3. The predicted octanol–water partition coefficient (Wildman–Crippen LogP) is 4.01. The molecule has 3 aromatic carbocycles. The number of carbonyl (C=O) groups is 2. The fraction of sp³-hybridized carbons (Fsp3) is 0.167. The van der Waals surface area contributed by atoms with Crippen molar-refractivity contribution in [2.75, 3.05) is 22.8 Å². The Hall–Kier alpha value is -3.65. The Balaban J connectivity index is 1.62. The highest BCUT2D eigenvalue weighted by Gasteiger charge is 2.18. The number of carbonyl (C=O) groups excluding carboxylic acids is 2. The highest BCUT2D eigenvalue weighted by atomic mass is 32.2. The Kier molecular flexibility index (Phi) is 7.27. The van der Waals surface area contributed by atoms with Gasteiger partial charge in [0.25, 0.3) is 15.9 Å². The summed E-state index contributed by atoms with van der Waals surface area (Å²) in [6, 6.07) is 21.4. The number of nitrogens with one attached hydrogen (secondary N) is 1. The van der Waals surface area contributed by atoms with Gasteiger partial charge in [0.1, 0.15) is 0 Å². The Bertz CT molecular complexity index is 1180. The van der Waals surface area contributed by atoms with Gasteiger partial charge >= 0.3 is 5.97 Å². The summed E-state index contributed by atoms with van der Waals surface area (Å²) in [4.78, 5) is 26.3. The van der Waals surface area contributed by atoms with Crippen LogP contribution in [0.1, 0.15) is 22.8 Å². The van der Waals surface area contributed by atoms with Crippen molar-refractivity contribution >= 4 is 33.3 Å². The first kappa shape index (κ1) is 23.0. The monoisotopic (exact) mass is 452 g/mol. The summed E-state index contributed by atoms with van der Waals surface area (Å²) in [7, 11) is -3.80. The molecule has 0 aliphatic carbocycles. The van der Waals surface area contributed by atoms with Crippen LogP contribution < -0.4 is 9.62 Å². The molecule has 32 heavy (non-hydrogen) atoms. The maximum absolute atomic E-state index is 12.5. The van der Waals surface area contributed by atoms with E-state index in [1.165, 1.54) is 29.2 Å². The Morgan fingerprint density at radius 1 is 0.906 bits per heavy atom. The number of ether oxygens (including phenoxy) is 1. The van der Waals surface area contributed by atoms with Crippen molar-refractivity contribution in [3.63, 3.8) is 0 Å². The van der Waals surface area contributed by atoms with E-state index in [4.69, 9.17) is 4.74 Å². The van der Waals surface area contributed by atoms with Gasteiger partial charge in [0.15, 0.2) is 6.61 Å². The van der Waals surface area contributed by atoms with Crippen molar-refractivity contribution in [2.45, 2.75) is 18.7 Å². The number of hydrogen-bond acceptors (Lipinski definition) is 5. The average Bonchev–Trinajstić information content (AvgIpc) is 2.80. The minimum Gasteiger partial charge on any atom is -0.452 e. The maximum Gasteiger partial charge on any atom is 0.338 e. The molecule has 0 atom stereocenters. The van der Waals surface area contributed by atoms with E-state index in [-0.39, 0.29) is 16.4 Å². The quantitative estimate of drug-likeness (QED) is 0.522. The summed E-state index contributed by atoms with van der Waals surface area (Å²) >= 11 is 0. The Morgan fingerprint density at radius 3 is 2.12 bits per heavy atom. The largest absolute Gasteiger partial charge is 0.452 e. The van der Waals surface area contributed by atoms with Crippen LogP contribution in [0.25, 0.3) is 0 Å². The van der Waals surface area contributed by atoms with Crippen molar-refractivity contribution in [2.24, 2.45) is 0 Å². The number of sulfonamides is 1. The molecule has 0 radical (unpaired) electrons. The lowest BCUT2D eigenvalue weighted by molar-refractivity contribution is -0.121. The number of anilines is 2. The second kappa shape index (κ2) is 10.1. The van der Waals surface area contributed by atoms with Gasteiger partial charge in [-0.3, -0.25) is 9.52 Å². The van der Waals surface area contributed by atoms with Crippen molar-refractivity contribution in [3.05, 3.63) is 90.0 Å². The molecule has 8 heteroatoms. The molecule has 0 aromatic heterocycles.